The molecule has 2 aliphatic heterocycles. The monoisotopic (exact) mass is 353 g/mol. The van der Waals surface area contributed by atoms with Crippen molar-refractivity contribution in [3.8, 4) is 0 Å². The molecule has 6 heteroatoms. The lowest BCUT2D eigenvalue weighted by atomic mass is 9.95. The molecule has 0 aromatic heterocycles. The van der Waals surface area contributed by atoms with Crippen LogP contribution in [-0.4, -0.2) is 61.5 Å². The molecule has 0 bridgehead atoms. The minimum Gasteiger partial charge on any atom is -0.343 e. The number of nitrogens with one attached hydrogen (secondary N) is 1. The van der Waals surface area contributed by atoms with Gasteiger partial charge < -0.3 is 15.1 Å². The van der Waals surface area contributed by atoms with Crippen LogP contribution in [0.4, 0.5) is 0 Å². The molecular weight excluding hydrogens is 321 g/mol. The Morgan fingerprint density at radius 1 is 1.09 bits per heavy atom. The molecular formula is C16H33Cl2N3O. The molecule has 1 unspecified atom stereocenters. The summed E-state index contributed by atoms with van der Waals surface area (Å²) in [4.78, 5) is 16.9. The Balaban J connectivity index is 0.00000220. The van der Waals surface area contributed by atoms with E-state index in [1.54, 1.807) is 0 Å². The summed E-state index contributed by atoms with van der Waals surface area (Å²) in [6.07, 6.45) is 4.30. The van der Waals surface area contributed by atoms with Crippen molar-refractivity contribution < 1.29 is 4.79 Å². The van der Waals surface area contributed by atoms with Crippen molar-refractivity contribution in [3.63, 3.8) is 0 Å². The van der Waals surface area contributed by atoms with E-state index in [0.717, 1.165) is 51.6 Å². The fourth-order valence-electron chi connectivity index (χ4n) is 3.48. The Morgan fingerprint density at radius 2 is 1.73 bits per heavy atom. The lowest BCUT2D eigenvalue weighted by Crippen LogP contribution is -2.42. The molecule has 0 aliphatic carbocycles. The van der Waals surface area contributed by atoms with Crippen LogP contribution in [0.3, 0.4) is 0 Å². The number of nitrogens with zero attached hydrogens (tertiary/aromatic N) is 2. The molecule has 0 aromatic rings. The van der Waals surface area contributed by atoms with E-state index in [2.05, 4.69) is 29.0 Å². The summed E-state index contributed by atoms with van der Waals surface area (Å²) in [5.41, 5.74) is 0. The van der Waals surface area contributed by atoms with Crippen molar-refractivity contribution in [3.05, 3.63) is 0 Å². The van der Waals surface area contributed by atoms with Crippen LogP contribution < -0.4 is 5.32 Å². The van der Waals surface area contributed by atoms with Gasteiger partial charge in [-0.15, -0.1) is 24.8 Å². The maximum absolute atomic E-state index is 12.3. The van der Waals surface area contributed by atoms with E-state index in [0.29, 0.717) is 11.8 Å². The van der Waals surface area contributed by atoms with Crippen molar-refractivity contribution >= 4 is 30.7 Å². The van der Waals surface area contributed by atoms with Gasteiger partial charge in [0.2, 0.25) is 5.91 Å². The predicted molar refractivity (Wildman–Crippen MR) is 97.2 cm³/mol. The maximum Gasteiger partial charge on any atom is 0.222 e. The van der Waals surface area contributed by atoms with Gasteiger partial charge in [0.15, 0.2) is 0 Å². The van der Waals surface area contributed by atoms with Crippen LogP contribution in [0, 0.1) is 11.8 Å². The summed E-state index contributed by atoms with van der Waals surface area (Å²) >= 11 is 0. The number of carbonyl (C=O) groups excluding carboxylic acids is 1. The van der Waals surface area contributed by atoms with Gasteiger partial charge in [0.05, 0.1) is 0 Å². The predicted octanol–water partition coefficient (Wildman–Crippen LogP) is 2.41. The highest BCUT2D eigenvalue weighted by Gasteiger charge is 2.26. The lowest BCUT2D eigenvalue weighted by molar-refractivity contribution is -0.133. The van der Waals surface area contributed by atoms with Crippen LogP contribution in [0.15, 0.2) is 0 Å². The minimum absolute atomic E-state index is 0. The molecule has 4 nitrogen and oxygen atoms in total. The fraction of sp³-hybridized carbons (Fsp3) is 0.938. The van der Waals surface area contributed by atoms with Gasteiger partial charge in [-0.3, -0.25) is 4.79 Å². The highest BCUT2D eigenvalue weighted by atomic mass is 35.5. The number of carbonyl (C=O) groups is 1. The van der Waals surface area contributed by atoms with Crippen LogP contribution in [0.2, 0.25) is 0 Å². The van der Waals surface area contributed by atoms with Gasteiger partial charge in [-0.05, 0) is 57.3 Å². The molecule has 2 aliphatic rings. The van der Waals surface area contributed by atoms with Crippen LogP contribution in [-0.2, 0) is 4.79 Å². The quantitative estimate of drug-likeness (QED) is 0.796. The smallest absolute Gasteiger partial charge is 0.222 e. The van der Waals surface area contributed by atoms with E-state index in [9.17, 15) is 4.79 Å². The fourth-order valence-corrected chi connectivity index (χ4v) is 3.48. The summed E-state index contributed by atoms with van der Waals surface area (Å²) < 4.78 is 0. The zero-order valence-corrected chi connectivity index (χ0v) is 15.7. The average Bonchev–Trinajstić information content (AvgIpc) is 2.98. The number of likely N-dealkylation sites (tertiary alicyclic amines) is 1. The lowest BCUT2D eigenvalue weighted by Gasteiger charge is -2.34. The standard InChI is InChI=1S/C16H31N3O.2ClH/c1-3-18(4-2)13-14-6-9-19(10-7-14)16(20)11-15-5-8-17-12-15;;/h14-15,17H,3-13H2,1-2H3;2*1H. The van der Waals surface area contributed by atoms with Crippen molar-refractivity contribution in [2.75, 3.05) is 45.8 Å². The van der Waals surface area contributed by atoms with Crippen molar-refractivity contribution in [1.29, 1.82) is 0 Å². The average molecular weight is 354 g/mol. The van der Waals surface area contributed by atoms with Gasteiger partial charge in [0, 0.05) is 26.1 Å². The van der Waals surface area contributed by atoms with Gasteiger partial charge in [-0.1, -0.05) is 13.8 Å². The third-order valence-corrected chi connectivity index (χ3v) is 5.00. The molecule has 1 atom stereocenters. The summed E-state index contributed by atoms with van der Waals surface area (Å²) in [6.45, 7) is 12.0. The third-order valence-electron chi connectivity index (χ3n) is 5.00. The van der Waals surface area contributed by atoms with Crippen LogP contribution in [0.1, 0.15) is 39.5 Å². The van der Waals surface area contributed by atoms with Gasteiger partial charge in [0.25, 0.3) is 0 Å². The Bertz CT molecular complexity index is 300. The summed E-state index contributed by atoms with van der Waals surface area (Å²) in [6, 6.07) is 0. The third kappa shape index (κ3) is 6.61. The van der Waals surface area contributed by atoms with Crippen LogP contribution >= 0.6 is 24.8 Å². The highest BCUT2D eigenvalue weighted by Crippen LogP contribution is 2.21. The first-order valence-corrected chi connectivity index (χ1v) is 8.43. The molecule has 2 rings (SSSR count). The molecule has 2 saturated heterocycles. The minimum atomic E-state index is 0. The van der Waals surface area contributed by atoms with E-state index in [4.69, 9.17) is 0 Å². The van der Waals surface area contributed by atoms with E-state index in [-0.39, 0.29) is 24.8 Å². The molecule has 0 saturated carbocycles. The van der Waals surface area contributed by atoms with Crippen molar-refractivity contribution in [1.82, 2.24) is 15.1 Å². The zero-order chi connectivity index (χ0) is 14.4. The second-order valence-electron chi connectivity index (χ2n) is 6.37. The van der Waals surface area contributed by atoms with Crippen LogP contribution in [0.5, 0.6) is 0 Å². The Hall–Kier alpha value is -0.0300. The van der Waals surface area contributed by atoms with E-state index in [1.807, 2.05) is 0 Å². The summed E-state index contributed by atoms with van der Waals surface area (Å²) in [7, 11) is 0. The van der Waals surface area contributed by atoms with Crippen molar-refractivity contribution in [2.24, 2.45) is 11.8 Å². The van der Waals surface area contributed by atoms with E-state index < -0.39 is 0 Å². The normalized spacial score (nSPS) is 22.3. The van der Waals surface area contributed by atoms with E-state index in [1.165, 1.54) is 25.8 Å². The molecule has 0 aromatic carbocycles. The van der Waals surface area contributed by atoms with Gasteiger partial charge >= 0.3 is 0 Å². The summed E-state index contributed by atoms with van der Waals surface area (Å²) in [5, 5.41) is 3.35. The largest absolute Gasteiger partial charge is 0.343 e. The number of rotatable bonds is 6. The second kappa shape index (κ2) is 11.5. The number of piperidine rings is 1. The number of hydrogen-bond acceptors (Lipinski definition) is 3. The maximum atomic E-state index is 12.3. The zero-order valence-electron chi connectivity index (χ0n) is 14.1. The first-order chi connectivity index (χ1) is 9.72. The molecule has 2 fully saturated rings. The van der Waals surface area contributed by atoms with Crippen LogP contribution in [0.25, 0.3) is 0 Å². The number of amides is 1. The number of hydrogen-bond donors (Lipinski definition) is 1. The van der Waals surface area contributed by atoms with E-state index >= 15 is 0 Å². The molecule has 0 spiro atoms. The SMILES string of the molecule is CCN(CC)CC1CCN(C(=O)CC2CCNC2)CC1.Cl.Cl. The second-order valence-corrected chi connectivity index (χ2v) is 6.37. The Labute approximate surface area is 148 Å². The Morgan fingerprint density at radius 3 is 2.23 bits per heavy atom. The highest BCUT2D eigenvalue weighted by molar-refractivity contribution is 5.85. The molecule has 1 N–H and O–H groups in total. The Kier molecular flexibility index (Phi) is 11.5. The molecule has 1 amide bonds. The van der Waals surface area contributed by atoms with Gasteiger partial charge in [0.1, 0.15) is 0 Å². The topological polar surface area (TPSA) is 35.6 Å². The van der Waals surface area contributed by atoms with Gasteiger partial charge in [-0.2, -0.15) is 0 Å². The van der Waals surface area contributed by atoms with Gasteiger partial charge in [-0.25, -0.2) is 0 Å². The first kappa shape index (κ1) is 22.0. The molecule has 132 valence electrons. The number of halogens is 2. The molecule has 22 heavy (non-hydrogen) atoms. The molecule has 0 radical (unpaired) electrons. The van der Waals surface area contributed by atoms with Crippen molar-refractivity contribution in [2.45, 2.75) is 39.5 Å². The molecule has 2 heterocycles. The summed E-state index contributed by atoms with van der Waals surface area (Å²) in [5.74, 6) is 1.75. The first-order valence-electron chi connectivity index (χ1n) is 8.43.